The number of thiophene rings is 1. The van der Waals surface area contributed by atoms with Crippen molar-refractivity contribution in [2.45, 2.75) is 49.9 Å². The SMILES string of the molecule is C=C(c1cccs1)C1NC(=O)COc2ccc(cc2)CC(C(=O)N(C)CCS(=O)(=O)O)NC(=O)C(CCc2ccccc2)NC(=O)C(Cc2ccc(-c3ccccc3)cc2)NC1=O. The smallest absolute Gasteiger partial charge is 0.266 e. The number of carbonyl (C=O) groups is 5. The summed E-state index contributed by atoms with van der Waals surface area (Å²) in [6.07, 6.45) is 0.376. The van der Waals surface area contributed by atoms with Gasteiger partial charge in [-0.25, -0.2) is 0 Å². The summed E-state index contributed by atoms with van der Waals surface area (Å²) in [6, 6.07) is 31.5. The first-order valence-corrected chi connectivity index (χ1v) is 22.7. The maximum Gasteiger partial charge on any atom is 0.266 e. The summed E-state index contributed by atoms with van der Waals surface area (Å²) in [6.45, 7) is 3.31. The molecule has 5 N–H and O–H groups in total. The molecule has 4 atom stereocenters. The Labute approximate surface area is 370 Å². The second-order valence-electron chi connectivity index (χ2n) is 15.2. The number of benzene rings is 4. The first kappa shape index (κ1) is 45.9. The van der Waals surface area contributed by atoms with Gasteiger partial charge >= 0.3 is 0 Å². The van der Waals surface area contributed by atoms with E-state index in [1.807, 2.05) is 90.3 Å². The van der Waals surface area contributed by atoms with Crippen LogP contribution in [0.2, 0.25) is 0 Å². The van der Waals surface area contributed by atoms with Crippen molar-refractivity contribution >= 4 is 56.6 Å². The van der Waals surface area contributed by atoms with Crippen LogP contribution in [0.1, 0.15) is 28.0 Å². The van der Waals surface area contributed by atoms with E-state index in [2.05, 4.69) is 27.8 Å². The van der Waals surface area contributed by atoms with Gasteiger partial charge in [-0.2, -0.15) is 8.42 Å². The Morgan fingerprint density at radius 3 is 2.05 bits per heavy atom. The molecule has 5 aromatic rings. The third kappa shape index (κ3) is 13.4. The fourth-order valence-electron chi connectivity index (χ4n) is 6.99. The van der Waals surface area contributed by atoms with Crippen molar-refractivity contribution < 1.29 is 41.7 Å². The van der Waals surface area contributed by atoms with Gasteiger partial charge in [0.1, 0.15) is 29.9 Å². The van der Waals surface area contributed by atoms with Crippen LogP contribution in [0.3, 0.4) is 0 Å². The van der Waals surface area contributed by atoms with E-state index >= 15 is 0 Å². The molecule has 4 aromatic carbocycles. The monoisotopic (exact) mass is 891 g/mol. The summed E-state index contributed by atoms with van der Waals surface area (Å²) >= 11 is 1.32. The molecule has 63 heavy (non-hydrogen) atoms. The third-order valence-electron chi connectivity index (χ3n) is 10.5. The van der Waals surface area contributed by atoms with Gasteiger partial charge in [-0.15, -0.1) is 11.3 Å². The molecule has 0 spiro atoms. The van der Waals surface area contributed by atoms with E-state index in [1.54, 1.807) is 36.4 Å². The minimum absolute atomic E-state index is 0.0113. The largest absolute Gasteiger partial charge is 0.484 e. The van der Waals surface area contributed by atoms with Crippen LogP contribution in [0.4, 0.5) is 0 Å². The first-order valence-electron chi connectivity index (χ1n) is 20.3. The summed E-state index contributed by atoms with van der Waals surface area (Å²) in [4.78, 5) is 72.5. The van der Waals surface area contributed by atoms with Gasteiger partial charge in [0, 0.05) is 31.3 Å². The summed E-state index contributed by atoms with van der Waals surface area (Å²) in [5.41, 5.74) is 4.36. The van der Waals surface area contributed by atoms with Crippen LogP contribution >= 0.6 is 11.3 Å². The van der Waals surface area contributed by atoms with E-state index in [1.165, 1.54) is 18.4 Å². The number of hydrogen-bond acceptors (Lipinski definition) is 9. The number of nitrogens with one attached hydrogen (secondary N) is 4. The maximum absolute atomic E-state index is 14.6. The van der Waals surface area contributed by atoms with Crippen molar-refractivity contribution in [3.8, 4) is 16.9 Å². The molecule has 0 fully saturated rings. The molecule has 0 aliphatic carbocycles. The summed E-state index contributed by atoms with van der Waals surface area (Å²) in [5, 5.41) is 13.0. The molecule has 2 aliphatic rings. The number of likely N-dealkylation sites (N-methyl/N-ethyl adjacent to an activating group) is 1. The zero-order valence-corrected chi connectivity index (χ0v) is 36.2. The number of carbonyl (C=O) groups excluding carboxylic acids is 5. The second kappa shape index (κ2) is 21.4. The van der Waals surface area contributed by atoms with Gasteiger partial charge < -0.3 is 30.9 Å². The van der Waals surface area contributed by atoms with Crippen LogP contribution in [0.25, 0.3) is 16.7 Å². The highest BCUT2D eigenvalue weighted by Crippen LogP contribution is 2.24. The van der Waals surface area contributed by atoms with E-state index in [4.69, 9.17) is 4.74 Å². The van der Waals surface area contributed by atoms with Gasteiger partial charge in [0.15, 0.2) is 6.61 Å². The van der Waals surface area contributed by atoms with Crippen molar-refractivity contribution in [3.63, 3.8) is 0 Å². The van der Waals surface area contributed by atoms with Gasteiger partial charge in [-0.05, 0) is 69.8 Å². The number of aryl methyl sites for hydroxylation is 1. The molecule has 4 unspecified atom stereocenters. The average molecular weight is 892 g/mol. The molecule has 0 saturated carbocycles. The quantitative estimate of drug-likeness (QED) is 0.0899. The van der Waals surface area contributed by atoms with Gasteiger partial charge in [-0.3, -0.25) is 28.5 Å². The van der Waals surface area contributed by atoms with Crippen LogP contribution < -0.4 is 26.0 Å². The molecule has 2 bridgehead atoms. The molecule has 0 radical (unpaired) electrons. The van der Waals surface area contributed by atoms with Gasteiger partial charge in [0.05, 0.1) is 5.75 Å². The second-order valence-corrected chi connectivity index (χ2v) is 17.7. The number of ether oxygens (including phenoxy) is 1. The predicted molar refractivity (Wildman–Crippen MR) is 241 cm³/mol. The molecule has 5 amide bonds. The van der Waals surface area contributed by atoms with E-state index < -0.39 is 76.2 Å². The molecule has 7 rings (SSSR count). The third-order valence-corrected chi connectivity index (χ3v) is 12.1. The summed E-state index contributed by atoms with van der Waals surface area (Å²) < 4.78 is 38.3. The molecule has 3 heterocycles. The topological polar surface area (TPSA) is 200 Å². The lowest BCUT2D eigenvalue weighted by Gasteiger charge is -2.28. The van der Waals surface area contributed by atoms with Gasteiger partial charge in [0.25, 0.3) is 16.0 Å². The first-order chi connectivity index (χ1) is 30.2. The maximum atomic E-state index is 14.6. The molecular formula is C47H49N5O9S2. The van der Waals surface area contributed by atoms with E-state index in [0.29, 0.717) is 28.2 Å². The van der Waals surface area contributed by atoms with Crippen LogP contribution in [0, 0.1) is 0 Å². The molecule has 2 aliphatic heterocycles. The zero-order valence-electron chi connectivity index (χ0n) is 34.6. The van der Waals surface area contributed by atoms with Crippen LogP contribution in [0.5, 0.6) is 5.75 Å². The Bertz CT molecular complexity index is 2480. The van der Waals surface area contributed by atoms with Crippen molar-refractivity contribution in [1.82, 2.24) is 26.2 Å². The highest BCUT2D eigenvalue weighted by molar-refractivity contribution is 7.85. The normalized spacial score (nSPS) is 18.9. The Morgan fingerprint density at radius 2 is 1.40 bits per heavy atom. The molecule has 328 valence electrons. The van der Waals surface area contributed by atoms with Crippen LogP contribution in [0.15, 0.2) is 133 Å². The fraction of sp³-hybridized carbons (Fsp3) is 0.255. The summed E-state index contributed by atoms with van der Waals surface area (Å²) in [5.74, 6) is -3.85. The Balaban J connectivity index is 1.37. The molecular weight excluding hydrogens is 843 g/mol. The zero-order chi connectivity index (χ0) is 44.9. The number of nitrogens with zero attached hydrogens (tertiary/aromatic N) is 1. The van der Waals surface area contributed by atoms with E-state index in [0.717, 1.165) is 21.6 Å². The highest BCUT2D eigenvalue weighted by Gasteiger charge is 2.34. The average Bonchev–Trinajstić information content (AvgIpc) is 3.83. The van der Waals surface area contributed by atoms with Gasteiger partial charge in [0.2, 0.25) is 23.6 Å². The van der Waals surface area contributed by atoms with Gasteiger partial charge in [-0.1, -0.05) is 110 Å². The van der Waals surface area contributed by atoms with E-state index in [9.17, 15) is 36.9 Å². The minimum atomic E-state index is -4.41. The predicted octanol–water partition coefficient (Wildman–Crippen LogP) is 4.22. The fourth-order valence-corrected chi connectivity index (χ4v) is 8.22. The van der Waals surface area contributed by atoms with E-state index in [-0.39, 0.29) is 31.4 Å². The lowest BCUT2D eigenvalue weighted by molar-refractivity contribution is -0.137. The van der Waals surface area contributed by atoms with Crippen LogP contribution in [-0.2, 0) is 53.4 Å². The number of rotatable bonds is 12. The molecule has 16 heteroatoms. The van der Waals surface area contributed by atoms with Crippen LogP contribution in [-0.4, -0.2) is 97.5 Å². The van der Waals surface area contributed by atoms with Crippen molar-refractivity contribution in [2.75, 3.05) is 26.0 Å². The minimum Gasteiger partial charge on any atom is -0.484 e. The van der Waals surface area contributed by atoms with Crippen molar-refractivity contribution in [3.05, 3.63) is 155 Å². The standard InChI is InChI=1S/C47H49N5O9S2/c1-31(41-14-9-26-62-41)43-46(56)49-39(28-33-15-20-36(21-16-33)35-12-7-4-8-13-35)45(55)48-38(24-19-32-10-5-3-6-11-32)44(54)50-40(47(57)52(2)25-27-63(58,59)60)29-34-17-22-37(23-18-34)61-30-42(53)51-43/h3-18,20-23,26,38-40,43H,1,19,24-25,27-30H2,2H3,(H,48,55)(H,49,56)(H,50,54)(H,51,53)(H,58,59,60). The number of hydrogen-bond donors (Lipinski definition) is 5. The lowest BCUT2D eigenvalue weighted by Crippen LogP contribution is -2.59. The Morgan fingerprint density at radius 1 is 0.762 bits per heavy atom. The molecule has 14 nitrogen and oxygen atoms in total. The number of fused-ring (bicyclic) bond motifs is 16. The molecule has 1 aromatic heterocycles. The number of amides is 5. The van der Waals surface area contributed by atoms with Crippen molar-refractivity contribution in [2.24, 2.45) is 0 Å². The lowest BCUT2D eigenvalue weighted by atomic mass is 9.98. The Kier molecular flexibility index (Phi) is 15.6. The molecule has 0 saturated heterocycles. The summed E-state index contributed by atoms with van der Waals surface area (Å²) in [7, 11) is -3.06. The van der Waals surface area contributed by atoms with Crippen molar-refractivity contribution in [1.29, 1.82) is 0 Å². The Hall–Kier alpha value is -6.62. The highest BCUT2D eigenvalue weighted by atomic mass is 32.2.